The number of benzene rings is 2. The third-order valence-corrected chi connectivity index (χ3v) is 5.43. The first-order chi connectivity index (χ1) is 16.9. The number of nitrogens with one attached hydrogen (secondary N) is 2. The SMILES string of the molecule is C=C(C(N)=O)c1cccc(Nc2nc(Nc3ccc(OCCN4CCCC4=O)cc3)ncc2F)c1. The van der Waals surface area contributed by atoms with E-state index < -0.39 is 11.7 Å². The lowest BCUT2D eigenvalue weighted by atomic mass is 10.1. The summed E-state index contributed by atoms with van der Waals surface area (Å²) in [4.78, 5) is 33.0. The van der Waals surface area contributed by atoms with Gasteiger partial charge in [-0.15, -0.1) is 0 Å². The van der Waals surface area contributed by atoms with E-state index in [2.05, 4.69) is 27.2 Å². The molecule has 2 heterocycles. The van der Waals surface area contributed by atoms with Crippen LogP contribution < -0.4 is 21.1 Å². The van der Waals surface area contributed by atoms with Crippen molar-refractivity contribution >= 4 is 40.5 Å². The minimum atomic E-state index is -0.644. The largest absolute Gasteiger partial charge is 0.492 e. The monoisotopic (exact) mass is 476 g/mol. The lowest BCUT2D eigenvalue weighted by Gasteiger charge is -2.16. The number of rotatable bonds is 10. The average molecular weight is 477 g/mol. The Balaban J connectivity index is 1.37. The molecule has 0 saturated carbocycles. The van der Waals surface area contributed by atoms with E-state index in [-0.39, 0.29) is 23.2 Å². The van der Waals surface area contributed by atoms with Crippen molar-refractivity contribution in [2.45, 2.75) is 12.8 Å². The Morgan fingerprint density at radius 2 is 1.97 bits per heavy atom. The zero-order chi connectivity index (χ0) is 24.8. The number of ether oxygens (including phenoxy) is 1. The summed E-state index contributed by atoms with van der Waals surface area (Å²) in [5.74, 6) is -0.296. The van der Waals surface area contributed by atoms with Crippen LogP contribution in [0.2, 0.25) is 0 Å². The fourth-order valence-corrected chi connectivity index (χ4v) is 3.56. The third-order valence-electron chi connectivity index (χ3n) is 5.43. The Morgan fingerprint density at radius 3 is 2.69 bits per heavy atom. The van der Waals surface area contributed by atoms with Crippen LogP contribution in [-0.4, -0.2) is 46.4 Å². The van der Waals surface area contributed by atoms with Gasteiger partial charge in [-0.3, -0.25) is 9.59 Å². The molecule has 4 rings (SSSR count). The molecule has 0 atom stereocenters. The van der Waals surface area contributed by atoms with E-state index in [0.29, 0.717) is 42.3 Å². The van der Waals surface area contributed by atoms with Crippen molar-refractivity contribution < 1.29 is 18.7 Å². The van der Waals surface area contributed by atoms with E-state index in [4.69, 9.17) is 10.5 Å². The minimum Gasteiger partial charge on any atom is -0.492 e. The van der Waals surface area contributed by atoms with Crippen LogP contribution in [0.4, 0.5) is 27.5 Å². The molecule has 1 saturated heterocycles. The van der Waals surface area contributed by atoms with Crippen molar-refractivity contribution in [2.75, 3.05) is 30.3 Å². The fraction of sp³-hybridized carbons (Fsp3) is 0.200. The first-order valence-electron chi connectivity index (χ1n) is 11.1. The number of hydrogen-bond acceptors (Lipinski definition) is 7. The highest BCUT2D eigenvalue weighted by Gasteiger charge is 2.19. The van der Waals surface area contributed by atoms with Crippen molar-refractivity contribution in [3.8, 4) is 5.75 Å². The van der Waals surface area contributed by atoms with Crippen LogP contribution >= 0.6 is 0 Å². The van der Waals surface area contributed by atoms with E-state index in [1.165, 1.54) is 0 Å². The van der Waals surface area contributed by atoms with Gasteiger partial charge in [0.1, 0.15) is 12.4 Å². The smallest absolute Gasteiger partial charge is 0.248 e. The molecule has 1 aliphatic heterocycles. The minimum absolute atomic E-state index is 0.0410. The van der Waals surface area contributed by atoms with Crippen molar-refractivity contribution in [1.82, 2.24) is 14.9 Å². The van der Waals surface area contributed by atoms with Gasteiger partial charge in [-0.2, -0.15) is 4.98 Å². The first kappa shape index (κ1) is 23.7. The number of amides is 2. The van der Waals surface area contributed by atoms with Gasteiger partial charge in [-0.05, 0) is 48.4 Å². The molecule has 2 amide bonds. The number of carbonyl (C=O) groups is 2. The van der Waals surface area contributed by atoms with E-state index in [1.807, 2.05) is 0 Å². The standard InChI is InChI=1S/C25H25FN6O3/c1-16(23(27)34)17-4-2-5-19(14-17)29-24-21(26)15-28-25(31-24)30-18-7-9-20(10-8-18)35-13-12-32-11-3-6-22(32)33/h2,4-5,7-10,14-15H,1,3,6,11-13H2,(H2,27,34)(H2,28,29,30,31). The Hall–Kier alpha value is -4.47. The number of likely N-dealkylation sites (tertiary alicyclic amines) is 1. The molecule has 4 N–H and O–H groups in total. The second kappa shape index (κ2) is 10.6. The Morgan fingerprint density at radius 1 is 1.17 bits per heavy atom. The molecule has 180 valence electrons. The van der Waals surface area contributed by atoms with Crippen LogP contribution in [0.1, 0.15) is 18.4 Å². The number of aromatic nitrogens is 2. The Kier molecular flexibility index (Phi) is 7.20. The average Bonchev–Trinajstić information content (AvgIpc) is 3.26. The van der Waals surface area contributed by atoms with Crippen LogP contribution in [0.5, 0.6) is 5.75 Å². The second-order valence-corrected chi connectivity index (χ2v) is 7.92. The molecule has 0 bridgehead atoms. The summed E-state index contributed by atoms with van der Waals surface area (Å²) in [7, 11) is 0. The molecule has 0 radical (unpaired) electrons. The maximum Gasteiger partial charge on any atom is 0.248 e. The molecule has 1 fully saturated rings. The van der Waals surface area contributed by atoms with Crippen molar-refractivity contribution in [1.29, 1.82) is 0 Å². The van der Waals surface area contributed by atoms with Gasteiger partial charge in [-0.25, -0.2) is 9.37 Å². The number of nitrogens with zero attached hydrogens (tertiary/aromatic N) is 3. The predicted octanol–water partition coefficient (Wildman–Crippen LogP) is 3.60. The summed E-state index contributed by atoms with van der Waals surface area (Å²) in [5, 5.41) is 5.91. The van der Waals surface area contributed by atoms with Crippen LogP contribution in [0.15, 0.2) is 61.3 Å². The van der Waals surface area contributed by atoms with Crippen LogP contribution in [0.3, 0.4) is 0 Å². The van der Waals surface area contributed by atoms with E-state index in [1.54, 1.807) is 53.4 Å². The van der Waals surface area contributed by atoms with Gasteiger partial charge >= 0.3 is 0 Å². The Labute approximate surface area is 201 Å². The van der Waals surface area contributed by atoms with Crippen molar-refractivity contribution in [2.24, 2.45) is 5.73 Å². The van der Waals surface area contributed by atoms with Gasteiger partial charge in [0, 0.05) is 29.9 Å². The maximum atomic E-state index is 14.3. The summed E-state index contributed by atoms with van der Waals surface area (Å²) in [6.07, 6.45) is 2.57. The van der Waals surface area contributed by atoms with Crippen LogP contribution in [0, 0.1) is 5.82 Å². The molecule has 35 heavy (non-hydrogen) atoms. The molecule has 1 aliphatic rings. The number of nitrogens with two attached hydrogens (primary N) is 1. The third kappa shape index (κ3) is 6.11. The highest BCUT2D eigenvalue weighted by atomic mass is 19.1. The summed E-state index contributed by atoms with van der Waals surface area (Å²) in [6, 6.07) is 13.8. The number of carbonyl (C=O) groups excluding carboxylic acids is 2. The second-order valence-electron chi connectivity index (χ2n) is 7.92. The number of primary amides is 1. The normalized spacial score (nSPS) is 12.9. The molecular formula is C25H25FN6O3. The van der Waals surface area contributed by atoms with Gasteiger partial charge in [0.15, 0.2) is 11.6 Å². The van der Waals surface area contributed by atoms with E-state index in [9.17, 15) is 14.0 Å². The van der Waals surface area contributed by atoms with Gasteiger partial charge in [0.2, 0.25) is 17.8 Å². The Bertz CT molecular complexity index is 1250. The van der Waals surface area contributed by atoms with E-state index >= 15 is 0 Å². The zero-order valence-corrected chi connectivity index (χ0v) is 19.0. The first-order valence-corrected chi connectivity index (χ1v) is 11.1. The van der Waals surface area contributed by atoms with Gasteiger partial charge in [-0.1, -0.05) is 18.7 Å². The highest BCUT2D eigenvalue weighted by Crippen LogP contribution is 2.24. The number of halogens is 1. The van der Waals surface area contributed by atoms with Crippen molar-refractivity contribution in [3.63, 3.8) is 0 Å². The zero-order valence-electron chi connectivity index (χ0n) is 19.0. The molecule has 1 aromatic heterocycles. The quantitative estimate of drug-likeness (QED) is 0.382. The summed E-state index contributed by atoms with van der Waals surface area (Å²) >= 11 is 0. The highest BCUT2D eigenvalue weighted by molar-refractivity contribution is 6.18. The molecule has 2 aromatic carbocycles. The van der Waals surface area contributed by atoms with Gasteiger partial charge < -0.3 is 26.0 Å². The lowest BCUT2D eigenvalue weighted by Crippen LogP contribution is -2.29. The van der Waals surface area contributed by atoms with Gasteiger partial charge in [0.25, 0.3) is 0 Å². The summed E-state index contributed by atoms with van der Waals surface area (Å²) in [5.41, 5.74) is 7.14. The van der Waals surface area contributed by atoms with Crippen molar-refractivity contribution in [3.05, 3.63) is 72.7 Å². The van der Waals surface area contributed by atoms with E-state index in [0.717, 1.165) is 19.2 Å². The topological polar surface area (TPSA) is 122 Å². The predicted molar refractivity (Wildman–Crippen MR) is 131 cm³/mol. The fourth-order valence-electron chi connectivity index (χ4n) is 3.56. The summed E-state index contributed by atoms with van der Waals surface area (Å²) < 4.78 is 20.1. The molecule has 0 unspecified atom stereocenters. The summed E-state index contributed by atoms with van der Waals surface area (Å²) in [6.45, 7) is 5.43. The maximum absolute atomic E-state index is 14.3. The molecule has 0 aliphatic carbocycles. The van der Waals surface area contributed by atoms with Gasteiger partial charge in [0.05, 0.1) is 12.7 Å². The molecule has 0 spiro atoms. The number of anilines is 4. The lowest BCUT2D eigenvalue weighted by molar-refractivity contribution is -0.128. The van der Waals surface area contributed by atoms with Crippen LogP contribution in [0.25, 0.3) is 5.57 Å². The number of hydrogen-bond donors (Lipinski definition) is 3. The molecule has 10 heteroatoms. The molecule has 3 aromatic rings. The van der Waals surface area contributed by atoms with Crippen LogP contribution in [-0.2, 0) is 9.59 Å². The molecule has 9 nitrogen and oxygen atoms in total. The molecular weight excluding hydrogens is 451 g/mol.